The van der Waals surface area contributed by atoms with Gasteiger partial charge in [-0.3, -0.25) is 14.7 Å². The van der Waals surface area contributed by atoms with E-state index in [9.17, 15) is 4.79 Å². The number of carbonyl (C=O) groups excluding carboxylic acids is 1. The molecule has 2 aliphatic rings. The van der Waals surface area contributed by atoms with Crippen LogP contribution in [0.3, 0.4) is 0 Å². The maximum Gasteiger partial charge on any atom is 0.220 e. The number of likely N-dealkylation sites (tertiary alicyclic amines) is 1. The number of carbonyl (C=O) groups is 1. The van der Waals surface area contributed by atoms with Gasteiger partial charge in [0.1, 0.15) is 5.75 Å². The number of H-pyrrole nitrogens is 1. The number of methoxy groups -OCH3 is 1. The van der Waals surface area contributed by atoms with E-state index >= 15 is 0 Å². The zero-order valence-electron chi connectivity index (χ0n) is 18.3. The summed E-state index contributed by atoms with van der Waals surface area (Å²) in [4.78, 5) is 23.3. The van der Waals surface area contributed by atoms with Crippen LogP contribution in [-0.2, 0) is 11.3 Å². The number of aryl methyl sites for hydroxylation is 1. The highest BCUT2D eigenvalue weighted by Gasteiger charge is 2.49. The lowest BCUT2D eigenvalue weighted by molar-refractivity contribution is -0.122. The Morgan fingerprint density at radius 3 is 2.97 bits per heavy atom. The fourth-order valence-corrected chi connectivity index (χ4v) is 5.46. The van der Waals surface area contributed by atoms with Crippen LogP contribution in [0.2, 0.25) is 0 Å². The van der Waals surface area contributed by atoms with E-state index in [1.807, 2.05) is 24.4 Å². The summed E-state index contributed by atoms with van der Waals surface area (Å²) in [6.07, 6.45) is 5.52. The Morgan fingerprint density at radius 1 is 1.26 bits per heavy atom. The van der Waals surface area contributed by atoms with Crippen molar-refractivity contribution in [2.75, 3.05) is 20.2 Å². The molecular formula is C25H30N4O2. The average molecular weight is 419 g/mol. The van der Waals surface area contributed by atoms with Crippen LogP contribution in [-0.4, -0.2) is 46.5 Å². The van der Waals surface area contributed by atoms with Gasteiger partial charge < -0.3 is 15.0 Å². The lowest BCUT2D eigenvalue weighted by atomic mass is 9.81. The van der Waals surface area contributed by atoms with Gasteiger partial charge in [-0.05, 0) is 55.7 Å². The molecule has 1 aromatic carbocycles. The Balaban J connectivity index is 1.46. The third-order valence-corrected chi connectivity index (χ3v) is 7.07. The molecule has 5 rings (SSSR count). The fourth-order valence-electron chi connectivity index (χ4n) is 5.46. The quantitative estimate of drug-likeness (QED) is 0.674. The number of pyridine rings is 1. The highest BCUT2D eigenvalue weighted by molar-refractivity contribution is 5.85. The van der Waals surface area contributed by atoms with E-state index in [4.69, 9.17) is 4.74 Å². The first-order valence-corrected chi connectivity index (χ1v) is 11.2. The number of aromatic nitrogens is 2. The number of rotatable bonds is 4. The minimum absolute atomic E-state index is 0.175. The minimum Gasteiger partial charge on any atom is -0.497 e. The molecule has 4 heterocycles. The number of amides is 1. The van der Waals surface area contributed by atoms with Crippen molar-refractivity contribution in [1.82, 2.24) is 20.2 Å². The summed E-state index contributed by atoms with van der Waals surface area (Å²) < 4.78 is 5.41. The van der Waals surface area contributed by atoms with Crippen molar-refractivity contribution in [3.05, 3.63) is 59.5 Å². The zero-order valence-corrected chi connectivity index (χ0v) is 18.3. The van der Waals surface area contributed by atoms with Crippen LogP contribution >= 0.6 is 0 Å². The first-order chi connectivity index (χ1) is 15.1. The van der Waals surface area contributed by atoms with Crippen molar-refractivity contribution in [2.24, 2.45) is 0 Å². The third kappa shape index (κ3) is 3.69. The Kier molecular flexibility index (Phi) is 5.18. The van der Waals surface area contributed by atoms with E-state index < -0.39 is 0 Å². The summed E-state index contributed by atoms with van der Waals surface area (Å²) in [6.45, 7) is 4.72. The van der Waals surface area contributed by atoms with Crippen LogP contribution in [0.4, 0.5) is 0 Å². The van der Waals surface area contributed by atoms with Gasteiger partial charge in [-0.1, -0.05) is 12.5 Å². The van der Waals surface area contributed by atoms with Crippen molar-refractivity contribution in [1.29, 1.82) is 0 Å². The van der Waals surface area contributed by atoms with Crippen molar-refractivity contribution in [3.63, 3.8) is 0 Å². The van der Waals surface area contributed by atoms with Crippen LogP contribution in [0.1, 0.15) is 48.6 Å². The third-order valence-electron chi connectivity index (χ3n) is 7.07. The molecule has 6 heteroatoms. The van der Waals surface area contributed by atoms with Gasteiger partial charge in [-0.2, -0.15) is 0 Å². The minimum atomic E-state index is -0.245. The molecular weight excluding hydrogens is 388 g/mol. The van der Waals surface area contributed by atoms with Gasteiger partial charge in [0.25, 0.3) is 0 Å². The number of hydrogen-bond donors (Lipinski definition) is 2. The van der Waals surface area contributed by atoms with Crippen LogP contribution in [0.15, 0.2) is 42.6 Å². The first-order valence-electron chi connectivity index (χ1n) is 11.2. The molecule has 2 atom stereocenters. The van der Waals surface area contributed by atoms with Crippen molar-refractivity contribution < 1.29 is 9.53 Å². The number of aromatic amines is 1. The number of fused-ring (bicyclic) bond motifs is 1. The van der Waals surface area contributed by atoms with E-state index in [-0.39, 0.29) is 17.4 Å². The molecule has 0 aliphatic carbocycles. The predicted molar refractivity (Wildman–Crippen MR) is 121 cm³/mol. The van der Waals surface area contributed by atoms with Crippen LogP contribution < -0.4 is 10.1 Å². The molecule has 6 nitrogen and oxygen atoms in total. The Morgan fingerprint density at radius 2 is 2.16 bits per heavy atom. The second-order valence-electron chi connectivity index (χ2n) is 9.03. The normalized spacial score (nSPS) is 24.5. The monoisotopic (exact) mass is 418 g/mol. The molecule has 0 unspecified atom stereocenters. The van der Waals surface area contributed by atoms with Gasteiger partial charge in [-0.15, -0.1) is 0 Å². The largest absolute Gasteiger partial charge is 0.497 e. The summed E-state index contributed by atoms with van der Waals surface area (Å²) in [5, 5.41) is 4.63. The fraction of sp³-hybridized carbons (Fsp3) is 0.440. The van der Waals surface area contributed by atoms with Gasteiger partial charge in [0, 0.05) is 60.5 Å². The number of hydrogen-bond acceptors (Lipinski definition) is 4. The van der Waals surface area contributed by atoms with Gasteiger partial charge in [-0.25, -0.2) is 0 Å². The molecule has 2 aliphatic heterocycles. The van der Waals surface area contributed by atoms with E-state index in [0.29, 0.717) is 6.42 Å². The van der Waals surface area contributed by atoms with E-state index in [0.717, 1.165) is 55.9 Å². The second kappa shape index (κ2) is 8.00. The lowest BCUT2D eigenvalue weighted by Gasteiger charge is -2.34. The van der Waals surface area contributed by atoms with Crippen molar-refractivity contribution in [3.8, 4) is 5.75 Å². The maximum absolute atomic E-state index is 12.5. The Bertz CT molecular complexity index is 1090. The number of ether oxygens (including phenoxy) is 1. The first kappa shape index (κ1) is 20.1. The molecule has 1 spiro atoms. The summed E-state index contributed by atoms with van der Waals surface area (Å²) in [5.74, 6) is 1.24. The standard InChI is InChI=1S/C25H30N4O2/c1-17-19-13-18(31-2)9-10-21(19)27-23(17)15-29-14-20(22-7-4-6-12-26-22)25(16-29)11-5-3-8-24(30)28-25/h4,6-7,9-10,12-13,20,27H,3,5,8,11,14-16H2,1-2H3,(H,28,30)/t20-,25+/m0/s1. The van der Waals surface area contributed by atoms with E-state index in [1.54, 1.807) is 7.11 Å². The highest BCUT2D eigenvalue weighted by atomic mass is 16.5. The molecule has 1 amide bonds. The van der Waals surface area contributed by atoms with Crippen LogP contribution in [0.5, 0.6) is 5.75 Å². The van der Waals surface area contributed by atoms with Crippen molar-refractivity contribution >= 4 is 16.8 Å². The van der Waals surface area contributed by atoms with Crippen LogP contribution in [0, 0.1) is 6.92 Å². The Hall–Kier alpha value is -2.86. The molecule has 2 aromatic heterocycles. The highest BCUT2D eigenvalue weighted by Crippen LogP contribution is 2.41. The summed E-state index contributed by atoms with van der Waals surface area (Å²) >= 11 is 0. The van der Waals surface area contributed by atoms with Gasteiger partial charge in [0.15, 0.2) is 0 Å². The molecule has 0 saturated carbocycles. The molecule has 31 heavy (non-hydrogen) atoms. The molecule has 3 aromatic rings. The maximum atomic E-state index is 12.5. The van der Waals surface area contributed by atoms with E-state index in [2.05, 4.69) is 45.3 Å². The number of benzene rings is 1. The predicted octanol–water partition coefficient (Wildman–Crippen LogP) is 3.91. The molecule has 2 fully saturated rings. The summed E-state index contributed by atoms with van der Waals surface area (Å²) in [5.41, 5.74) is 4.44. The van der Waals surface area contributed by atoms with Crippen LogP contribution in [0.25, 0.3) is 10.9 Å². The second-order valence-corrected chi connectivity index (χ2v) is 9.03. The van der Waals surface area contributed by atoms with Gasteiger partial charge in [0.05, 0.1) is 12.6 Å². The molecule has 0 bridgehead atoms. The SMILES string of the molecule is COc1ccc2[nH]c(CN3C[C@@H](c4ccccn4)[C@@]4(CCCCC(=O)N4)C3)c(C)c2c1. The van der Waals surface area contributed by atoms with E-state index in [1.165, 1.54) is 16.6 Å². The number of nitrogens with zero attached hydrogens (tertiary/aromatic N) is 2. The molecule has 2 saturated heterocycles. The lowest BCUT2D eigenvalue weighted by Crippen LogP contribution is -2.52. The molecule has 0 radical (unpaired) electrons. The topological polar surface area (TPSA) is 70.2 Å². The van der Waals surface area contributed by atoms with Gasteiger partial charge in [0.2, 0.25) is 5.91 Å². The molecule has 162 valence electrons. The smallest absolute Gasteiger partial charge is 0.220 e. The number of nitrogens with one attached hydrogen (secondary N) is 2. The van der Waals surface area contributed by atoms with Gasteiger partial charge >= 0.3 is 0 Å². The summed E-state index contributed by atoms with van der Waals surface area (Å²) in [6, 6.07) is 12.3. The zero-order chi connectivity index (χ0) is 21.4. The Labute approximate surface area is 183 Å². The van der Waals surface area contributed by atoms with Crippen molar-refractivity contribution in [2.45, 2.75) is 50.6 Å². The molecule has 2 N–H and O–H groups in total. The summed E-state index contributed by atoms with van der Waals surface area (Å²) in [7, 11) is 1.70. The average Bonchev–Trinajstić information content (AvgIpc) is 3.21.